The van der Waals surface area contributed by atoms with Crippen molar-refractivity contribution in [3.8, 4) is 0 Å². The summed E-state index contributed by atoms with van der Waals surface area (Å²) in [5.41, 5.74) is -2.26. The third kappa shape index (κ3) is 9.22. The van der Waals surface area contributed by atoms with Gasteiger partial charge in [-0.2, -0.15) is 8.42 Å². The summed E-state index contributed by atoms with van der Waals surface area (Å²) in [6, 6.07) is 2.28. The highest BCUT2D eigenvalue weighted by Crippen LogP contribution is 2.48. The Bertz CT molecular complexity index is 1750. The second-order valence-corrected chi connectivity index (χ2v) is 17.6. The number of nitrogens with zero attached hydrogens (tertiary/aromatic N) is 2. The van der Waals surface area contributed by atoms with Crippen molar-refractivity contribution in [2.45, 2.75) is 146 Å². The summed E-state index contributed by atoms with van der Waals surface area (Å²) in [5.74, 6) is -3.05. The Balaban J connectivity index is 1.24. The lowest BCUT2D eigenvalue weighted by atomic mass is 10.0. The lowest BCUT2D eigenvalue weighted by Crippen LogP contribution is -2.58. The number of alkyl carbamates (subject to hydrolysis) is 1. The van der Waals surface area contributed by atoms with Crippen LogP contribution in [0.15, 0.2) is 18.2 Å². The molecule has 3 heterocycles. The van der Waals surface area contributed by atoms with E-state index in [0.29, 0.717) is 36.8 Å². The molecule has 15 nitrogen and oxygen atoms in total. The monoisotopic (exact) mass is 763 g/mol. The smallest absolute Gasteiger partial charge is 0.410 e. The molecule has 0 radical (unpaired) electrons. The predicted molar refractivity (Wildman–Crippen MR) is 186 cm³/mol. The third-order valence-corrected chi connectivity index (χ3v) is 11.7. The van der Waals surface area contributed by atoms with Gasteiger partial charge >= 0.3 is 22.5 Å². The molecule has 6 rings (SSSR count). The summed E-state index contributed by atoms with van der Waals surface area (Å²) in [5, 5.41) is 5.47. The Labute approximate surface area is 309 Å². The van der Waals surface area contributed by atoms with Gasteiger partial charge in [0, 0.05) is 18.5 Å². The number of hydrogen-bond acceptors (Lipinski definition) is 10. The summed E-state index contributed by atoms with van der Waals surface area (Å²) in [6.07, 6.45) is 3.09. The zero-order chi connectivity index (χ0) is 38.3. The normalized spacial score (nSPS) is 28.6. The van der Waals surface area contributed by atoms with Crippen LogP contribution in [0.5, 0.6) is 0 Å². The Morgan fingerprint density at radius 2 is 1.72 bits per heavy atom. The summed E-state index contributed by atoms with van der Waals surface area (Å²) in [7, 11) is -4.48. The van der Waals surface area contributed by atoms with Crippen LogP contribution in [0.1, 0.15) is 109 Å². The van der Waals surface area contributed by atoms with Crippen molar-refractivity contribution >= 4 is 40.2 Å². The van der Waals surface area contributed by atoms with Gasteiger partial charge in [-0.3, -0.25) is 19.3 Å². The fourth-order valence-electron chi connectivity index (χ4n) is 7.50. The summed E-state index contributed by atoms with van der Waals surface area (Å²) >= 11 is 0. The zero-order valence-electron chi connectivity index (χ0n) is 30.7. The van der Waals surface area contributed by atoms with Gasteiger partial charge in [0.15, 0.2) is 0 Å². The van der Waals surface area contributed by atoms with Crippen molar-refractivity contribution in [3.63, 3.8) is 0 Å². The molecule has 1 aromatic rings. The minimum atomic E-state index is -4.48. The van der Waals surface area contributed by atoms with Gasteiger partial charge in [-0.05, 0) is 77.3 Å². The largest absolute Gasteiger partial charge is 0.444 e. The van der Waals surface area contributed by atoms with Crippen LogP contribution in [0.3, 0.4) is 0 Å². The number of ether oxygens (including phenoxy) is 2. The number of carbonyl (C=O) groups is 5. The first-order valence-corrected chi connectivity index (χ1v) is 19.9. The molecule has 17 heteroatoms. The minimum Gasteiger partial charge on any atom is -0.444 e. The van der Waals surface area contributed by atoms with Crippen LogP contribution in [0, 0.1) is 11.7 Å². The lowest BCUT2D eigenvalue weighted by Gasteiger charge is -2.30. The molecule has 4 fully saturated rings. The van der Waals surface area contributed by atoms with Gasteiger partial charge in [0.2, 0.25) is 11.8 Å². The van der Waals surface area contributed by atoms with E-state index < -0.39 is 81.0 Å². The quantitative estimate of drug-likeness (QED) is 0.386. The molecule has 292 valence electrons. The zero-order valence-corrected chi connectivity index (χ0v) is 31.5. The molecule has 0 bridgehead atoms. The molecule has 5 amide bonds. The fraction of sp³-hybridized carbons (Fsp3) is 0.694. The molecule has 0 unspecified atom stereocenters. The molecular weight excluding hydrogens is 713 g/mol. The fourth-order valence-corrected chi connectivity index (χ4v) is 8.65. The molecule has 1 aromatic carbocycles. The number of benzene rings is 1. The molecule has 53 heavy (non-hydrogen) atoms. The first-order chi connectivity index (χ1) is 24.9. The van der Waals surface area contributed by atoms with Crippen molar-refractivity contribution in [1.82, 2.24) is 25.2 Å². The van der Waals surface area contributed by atoms with E-state index in [1.54, 1.807) is 39.8 Å². The van der Waals surface area contributed by atoms with E-state index in [-0.39, 0.29) is 44.8 Å². The number of halogens is 1. The van der Waals surface area contributed by atoms with Crippen molar-refractivity contribution < 1.29 is 50.4 Å². The molecule has 0 aromatic heterocycles. The summed E-state index contributed by atoms with van der Waals surface area (Å²) in [6.45, 7) is 6.62. The standard InChI is InChI=1S/C36H50FN5O10S/c1-34(2,3)51-32(46)38-27-14-9-7-5-6-8-12-23-18-36(23,31(45)40-53(48,49)52-35(4)15-16-35)39-29(43)28-17-24(20-42(28)30(27)44)50-33(47)41-19-22-11-10-13-26(37)25(22)21-41/h10-11,13,23-24,27-28H,5-9,12,14-21H2,1-4H3,(H,38,46)(H,39,43)(H,40,45)/t23-,24-,27+,28+,36-/m1/s1. The highest BCUT2D eigenvalue weighted by molar-refractivity contribution is 7.85. The van der Waals surface area contributed by atoms with E-state index in [2.05, 4.69) is 10.6 Å². The number of carbonyl (C=O) groups excluding carboxylic acids is 5. The molecule has 3 aliphatic heterocycles. The highest BCUT2D eigenvalue weighted by Gasteiger charge is 2.62. The van der Waals surface area contributed by atoms with Gasteiger partial charge in [-0.15, -0.1) is 0 Å². The van der Waals surface area contributed by atoms with Gasteiger partial charge in [0.05, 0.1) is 18.7 Å². The molecule has 2 saturated heterocycles. The van der Waals surface area contributed by atoms with E-state index >= 15 is 0 Å². The van der Waals surface area contributed by atoms with Gasteiger partial charge < -0.3 is 25.0 Å². The van der Waals surface area contributed by atoms with Crippen molar-refractivity contribution in [3.05, 3.63) is 35.1 Å². The van der Waals surface area contributed by atoms with Crippen LogP contribution < -0.4 is 15.4 Å². The number of amides is 5. The van der Waals surface area contributed by atoms with Crippen LogP contribution in [-0.2, 0) is 51.4 Å². The average molecular weight is 764 g/mol. The summed E-state index contributed by atoms with van der Waals surface area (Å²) < 4.78 is 58.6. The average Bonchev–Trinajstić information content (AvgIpc) is 3.80. The van der Waals surface area contributed by atoms with Crippen LogP contribution in [0.25, 0.3) is 0 Å². The van der Waals surface area contributed by atoms with Gasteiger partial charge in [0.1, 0.15) is 35.1 Å². The van der Waals surface area contributed by atoms with E-state index in [9.17, 15) is 36.8 Å². The second kappa shape index (κ2) is 14.7. The molecule has 5 atom stereocenters. The van der Waals surface area contributed by atoms with Crippen LogP contribution in [0.2, 0.25) is 0 Å². The Morgan fingerprint density at radius 1 is 1.02 bits per heavy atom. The van der Waals surface area contributed by atoms with E-state index in [1.807, 2.05) is 4.72 Å². The number of rotatable bonds is 6. The predicted octanol–water partition coefficient (Wildman–Crippen LogP) is 3.69. The Kier molecular flexibility index (Phi) is 10.7. The Morgan fingerprint density at radius 3 is 2.40 bits per heavy atom. The van der Waals surface area contributed by atoms with Crippen LogP contribution >= 0.6 is 0 Å². The number of fused-ring (bicyclic) bond motifs is 3. The molecular formula is C36H50FN5O10S. The van der Waals surface area contributed by atoms with Gasteiger partial charge in [-0.1, -0.05) is 44.2 Å². The SMILES string of the molecule is CC(C)(C)OC(=O)N[C@H]1CCCCCCC[C@@H]2C[C@@]2(C(=O)NS(=O)(=O)OC2(C)CC2)NC(=O)[C@@H]2C[C@@H](OC(=O)N3Cc4cccc(F)c4C3)CN2C1=O. The first-order valence-electron chi connectivity index (χ1n) is 18.5. The maximum absolute atomic E-state index is 14.4. The summed E-state index contributed by atoms with van der Waals surface area (Å²) in [4.78, 5) is 71.1. The molecule has 0 spiro atoms. The minimum absolute atomic E-state index is 0.00715. The number of nitrogens with one attached hydrogen (secondary N) is 3. The van der Waals surface area contributed by atoms with Gasteiger partial charge in [0.25, 0.3) is 5.91 Å². The highest BCUT2D eigenvalue weighted by atomic mass is 32.2. The maximum atomic E-state index is 14.4. The van der Waals surface area contributed by atoms with E-state index in [1.165, 1.54) is 15.9 Å². The third-order valence-electron chi connectivity index (χ3n) is 10.7. The van der Waals surface area contributed by atoms with Crippen molar-refractivity contribution in [2.75, 3.05) is 6.54 Å². The van der Waals surface area contributed by atoms with Crippen LogP contribution in [-0.4, -0.2) is 89.6 Å². The van der Waals surface area contributed by atoms with Gasteiger partial charge in [-0.25, -0.2) is 22.9 Å². The molecule has 2 saturated carbocycles. The second-order valence-electron chi connectivity index (χ2n) is 16.3. The molecule has 2 aliphatic carbocycles. The topological polar surface area (TPSA) is 190 Å². The van der Waals surface area contributed by atoms with Crippen molar-refractivity contribution in [2.24, 2.45) is 5.92 Å². The Hall–Kier alpha value is -3.99. The lowest BCUT2D eigenvalue weighted by molar-refractivity contribution is -0.141. The van der Waals surface area contributed by atoms with E-state index in [4.69, 9.17) is 13.7 Å². The maximum Gasteiger partial charge on any atom is 0.410 e. The molecule has 3 N–H and O–H groups in total. The molecule has 5 aliphatic rings. The number of hydrogen-bond donors (Lipinski definition) is 3. The van der Waals surface area contributed by atoms with Crippen LogP contribution in [0.4, 0.5) is 14.0 Å². The first kappa shape index (κ1) is 38.7. The van der Waals surface area contributed by atoms with Crippen molar-refractivity contribution in [1.29, 1.82) is 0 Å². The van der Waals surface area contributed by atoms with E-state index in [0.717, 1.165) is 25.7 Å².